The van der Waals surface area contributed by atoms with Gasteiger partial charge in [0.1, 0.15) is 5.75 Å². The number of phenolic OH excluding ortho intramolecular Hbond substituents is 1. The number of aromatic hydroxyl groups is 1. The number of benzene rings is 1. The Morgan fingerprint density at radius 1 is 1.36 bits per heavy atom. The predicted octanol–water partition coefficient (Wildman–Crippen LogP) is 1.40. The maximum atomic E-state index is 9.07. The Kier molecular flexibility index (Phi) is 1.52. The molecular formula is C8H8O3. The van der Waals surface area contributed by atoms with E-state index in [1.54, 1.807) is 18.2 Å². The van der Waals surface area contributed by atoms with E-state index >= 15 is 0 Å². The summed E-state index contributed by atoms with van der Waals surface area (Å²) < 4.78 is 10.1. The second-order valence-corrected chi connectivity index (χ2v) is 2.38. The molecule has 1 aromatic carbocycles. The standard InChI is InChI=1S/C8H8O3/c9-7-3-1-2-6(4-7)8-10-5-11-8/h1-4,8-9H,5H2. The van der Waals surface area contributed by atoms with Crippen LogP contribution < -0.4 is 0 Å². The van der Waals surface area contributed by atoms with Crippen LogP contribution in [0.1, 0.15) is 11.9 Å². The van der Waals surface area contributed by atoms with Crippen molar-refractivity contribution in [1.82, 2.24) is 0 Å². The van der Waals surface area contributed by atoms with E-state index in [2.05, 4.69) is 0 Å². The van der Waals surface area contributed by atoms with Gasteiger partial charge in [-0.25, -0.2) is 0 Å². The minimum Gasteiger partial charge on any atom is -0.508 e. The minimum absolute atomic E-state index is 0.238. The number of rotatable bonds is 1. The van der Waals surface area contributed by atoms with E-state index in [4.69, 9.17) is 14.6 Å². The fraction of sp³-hybridized carbons (Fsp3) is 0.250. The van der Waals surface area contributed by atoms with Crippen LogP contribution in [0, 0.1) is 0 Å². The Bertz CT molecular complexity index is 255. The summed E-state index contributed by atoms with van der Waals surface area (Å²) in [7, 11) is 0. The van der Waals surface area contributed by atoms with Gasteiger partial charge in [-0.15, -0.1) is 0 Å². The highest BCUT2D eigenvalue weighted by molar-refractivity contribution is 5.28. The summed E-state index contributed by atoms with van der Waals surface area (Å²) in [5.74, 6) is 0.238. The van der Waals surface area contributed by atoms with Gasteiger partial charge in [0.05, 0.1) is 0 Å². The first kappa shape index (κ1) is 6.64. The zero-order valence-corrected chi connectivity index (χ0v) is 5.86. The van der Waals surface area contributed by atoms with Crippen LogP contribution in [0.5, 0.6) is 5.75 Å². The van der Waals surface area contributed by atoms with E-state index in [1.807, 2.05) is 6.07 Å². The number of phenols is 1. The molecule has 58 valence electrons. The Balaban J connectivity index is 2.23. The number of hydrogen-bond donors (Lipinski definition) is 1. The average molecular weight is 152 g/mol. The van der Waals surface area contributed by atoms with Crippen molar-refractivity contribution in [3.05, 3.63) is 29.8 Å². The molecule has 0 radical (unpaired) electrons. The van der Waals surface area contributed by atoms with Crippen molar-refractivity contribution >= 4 is 0 Å². The molecule has 0 unspecified atom stereocenters. The molecule has 1 heterocycles. The summed E-state index contributed by atoms with van der Waals surface area (Å²) in [4.78, 5) is 0. The average Bonchev–Trinajstić information content (AvgIpc) is 1.83. The molecule has 3 heteroatoms. The zero-order valence-electron chi connectivity index (χ0n) is 5.86. The summed E-state index contributed by atoms with van der Waals surface area (Å²) >= 11 is 0. The van der Waals surface area contributed by atoms with Crippen molar-refractivity contribution in [2.75, 3.05) is 6.79 Å². The third-order valence-corrected chi connectivity index (χ3v) is 1.58. The molecule has 2 rings (SSSR count). The largest absolute Gasteiger partial charge is 0.508 e. The molecule has 1 fully saturated rings. The maximum absolute atomic E-state index is 9.07. The molecule has 0 saturated carbocycles. The van der Waals surface area contributed by atoms with Gasteiger partial charge in [0.2, 0.25) is 0 Å². The highest BCUT2D eigenvalue weighted by atomic mass is 16.8. The summed E-state index contributed by atoms with van der Waals surface area (Å²) in [5, 5.41) is 9.07. The molecule has 0 spiro atoms. The molecule has 1 aliphatic heterocycles. The SMILES string of the molecule is Oc1cccc(C2OCO2)c1. The Hall–Kier alpha value is -1.06. The summed E-state index contributed by atoms with van der Waals surface area (Å²) in [6, 6.07) is 6.85. The summed E-state index contributed by atoms with van der Waals surface area (Å²) in [6.45, 7) is 0.348. The van der Waals surface area contributed by atoms with Crippen molar-refractivity contribution in [3.63, 3.8) is 0 Å². The van der Waals surface area contributed by atoms with Gasteiger partial charge in [-0.2, -0.15) is 0 Å². The molecule has 1 aromatic rings. The Labute approximate surface area is 64.2 Å². The maximum Gasteiger partial charge on any atom is 0.189 e. The highest BCUT2D eigenvalue weighted by Crippen LogP contribution is 2.27. The molecule has 1 N–H and O–H groups in total. The third kappa shape index (κ3) is 1.20. The van der Waals surface area contributed by atoms with Crippen molar-refractivity contribution < 1.29 is 14.6 Å². The van der Waals surface area contributed by atoms with Crippen LogP contribution in [0.2, 0.25) is 0 Å². The molecule has 0 aromatic heterocycles. The van der Waals surface area contributed by atoms with Gasteiger partial charge in [0.15, 0.2) is 13.1 Å². The molecular weight excluding hydrogens is 144 g/mol. The molecule has 3 nitrogen and oxygen atoms in total. The molecule has 0 amide bonds. The Morgan fingerprint density at radius 3 is 2.73 bits per heavy atom. The van der Waals surface area contributed by atoms with E-state index in [0.717, 1.165) is 5.56 Å². The van der Waals surface area contributed by atoms with Crippen molar-refractivity contribution in [2.45, 2.75) is 6.29 Å². The van der Waals surface area contributed by atoms with Gasteiger partial charge >= 0.3 is 0 Å². The lowest BCUT2D eigenvalue weighted by Crippen LogP contribution is -2.21. The molecule has 0 bridgehead atoms. The molecule has 1 saturated heterocycles. The van der Waals surface area contributed by atoms with E-state index in [1.165, 1.54) is 0 Å². The number of ether oxygens (including phenoxy) is 2. The zero-order chi connectivity index (χ0) is 7.68. The van der Waals surface area contributed by atoms with Crippen LogP contribution in [0.25, 0.3) is 0 Å². The normalized spacial score (nSPS) is 17.8. The van der Waals surface area contributed by atoms with Crippen LogP contribution in [0.4, 0.5) is 0 Å². The minimum atomic E-state index is -0.276. The van der Waals surface area contributed by atoms with Gasteiger partial charge in [-0.05, 0) is 12.1 Å². The topological polar surface area (TPSA) is 38.7 Å². The van der Waals surface area contributed by atoms with Crippen LogP contribution in [-0.2, 0) is 9.47 Å². The molecule has 1 aliphatic rings. The first-order valence-electron chi connectivity index (χ1n) is 3.38. The highest BCUT2D eigenvalue weighted by Gasteiger charge is 2.20. The van der Waals surface area contributed by atoms with Crippen LogP contribution >= 0.6 is 0 Å². The lowest BCUT2D eigenvalue weighted by Gasteiger charge is -2.26. The van der Waals surface area contributed by atoms with E-state index in [9.17, 15) is 0 Å². The van der Waals surface area contributed by atoms with Gasteiger partial charge in [-0.3, -0.25) is 0 Å². The first-order chi connectivity index (χ1) is 5.36. The van der Waals surface area contributed by atoms with Gasteiger partial charge < -0.3 is 14.6 Å². The van der Waals surface area contributed by atoms with Gasteiger partial charge in [0.25, 0.3) is 0 Å². The summed E-state index contributed by atoms with van der Waals surface area (Å²) in [5.41, 5.74) is 0.858. The van der Waals surface area contributed by atoms with Crippen LogP contribution in [-0.4, -0.2) is 11.9 Å². The third-order valence-electron chi connectivity index (χ3n) is 1.58. The monoisotopic (exact) mass is 152 g/mol. The second-order valence-electron chi connectivity index (χ2n) is 2.38. The van der Waals surface area contributed by atoms with Crippen molar-refractivity contribution in [3.8, 4) is 5.75 Å². The fourth-order valence-corrected chi connectivity index (χ4v) is 1.000. The number of hydrogen-bond acceptors (Lipinski definition) is 3. The lowest BCUT2D eigenvalue weighted by atomic mass is 10.2. The lowest BCUT2D eigenvalue weighted by molar-refractivity contribution is -0.326. The van der Waals surface area contributed by atoms with Gasteiger partial charge in [0, 0.05) is 5.56 Å². The van der Waals surface area contributed by atoms with E-state index < -0.39 is 0 Å². The molecule has 0 aliphatic carbocycles. The summed E-state index contributed by atoms with van der Waals surface area (Å²) in [6.07, 6.45) is -0.276. The predicted molar refractivity (Wildman–Crippen MR) is 37.9 cm³/mol. The van der Waals surface area contributed by atoms with Crippen molar-refractivity contribution in [2.24, 2.45) is 0 Å². The molecule has 0 atom stereocenters. The quantitative estimate of drug-likeness (QED) is 0.661. The first-order valence-corrected chi connectivity index (χ1v) is 3.38. The second kappa shape index (κ2) is 2.53. The van der Waals surface area contributed by atoms with E-state index in [0.29, 0.717) is 6.79 Å². The smallest absolute Gasteiger partial charge is 0.189 e. The molecule has 11 heavy (non-hydrogen) atoms. The van der Waals surface area contributed by atoms with Crippen LogP contribution in [0.15, 0.2) is 24.3 Å². The van der Waals surface area contributed by atoms with Crippen LogP contribution in [0.3, 0.4) is 0 Å². The van der Waals surface area contributed by atoms with E-state index in [-0.39, 0.29) is 12.0 Å². The Morgan fingerprint density at radius 2 is 2.18 bits per heavy atom. The van der Waals surface area contributed by atoms with Gasteiger partial charge in [-0.1, -0.05) is 12.1 Å². The fourth-order valence-electron chi connectivity index (χ4n) is 1.000. The van der Waals surface area contributed by atoms with Crippen molar-refractivity contribution in [1.29, 1.82) is 0 Å².